The number of carbonyl (C=O) groups is 1. The van der Waals surface area contributed by atoms with E-state index in [0.717, 1.165) is 47.1 Å². The van der Waals surface area contributed by atoms with Crippen molar-refractivity contribution in [3.63, 3.8) is 0 Å². The third-order valence-electron chi connectivity index (χ3n) is 6.45. The molecule has 1 aliphatic rings. The van der Waals surface area contributed by atoms with Crippen LogP contribution in [0.15, 0.2) is 72.8 Å². The van der Waals surface area contributed by atoms with Crippen molar-refractivity contribution in [2.45, 2.75) is 40.2 Å². The molecule has 1 aliphatic carbocycles. The maximum Gasteiger partial charge on any atom is 0.195 e. The highest BCUT2D eigenvalue weighted by atomic mass is 16.1. The van der Waals surface area contributed by atoms with E-state index in [1.165, 1.54) is 16.7 Å². The average Bonchev–Trinajstić information content (AvgIpc) is 3.20. The lowest BCUT2D eigenvalue weighted by molar-refractivity contribution is 0.103. The van der Waals surface area contributed by atoms with Gasteiger partial charge in [-0.2, -0.15) is 0 Å². The molecule has 0 spiro atoms. The molecule has 150 valence electrons. The van der Waals surface area contributed by atoms with Gasteiger partial charge in [-0.1, -0.05) is 74.5 Å². The highest BCUT2D eigenvalue weighted by molar-refractivity contribution is 6.17. The lowest BCUT2D eigenvalue weighted by atomic mass is 9.90. The number of benzene rings is 3. The molecule has 0 unspecified atom stereocenters. The summed E-state index contributed by atoms with van der Waals surface area (Å²) in [6, 6.07) is 25.0. The molecule has 1 aromatic heterocycles. The van der Waals surface area contributed by atoms with Gasteiger partial charge >= 0.3 is 0 Å². The van der Waals surface area contributed by atoms with Crippen LogP contribution in [0.4, 0.5) is 0 Å². The lowest BCUT2D eigenvalue weighted by Gasteiger charge is -2.14. The van der Waals surface area contributed by atoms with Gasteiger partial charge in [0, 0.05) is 28.7 Å². The Labute approximate surface area is 178 Å². The summed E-state index contributed by atoms with van der Waals surface area (Å²) in [4.78, 5) is 13.7. The number of para-hydroxylation sites is 1. The highest BCUT2D eigenvalue weighted by Crippen LogP contribution is 2.37. The molecule has 5 rings (SSSR count). The van der Waals surface area contributed by atoms with E-state index in [2.05, 4.69) is 79.9 Å². The zero-order valence-electron chi connectivity index (χ0n) is 17.9. The summed E-state index contributed by atoms with van der Waals surface area (Å²) in [5.74, 6) is 0.128. The third kappa shape index (κ3) is 3.17. The first kappa shape index (κ1) is 18.9. The normalized spacial score (nSPS) is 14.8. The van der Waals surface area contributed by atoms with Gasteiger partial charge in [-0.15, -0.1) is 0 Å². The Morgan fingerprint density at radius 2 is 1.60 bits per heavy atom. The maximum absolute atomic E-state index is 13.7. The molecule has 0 bridgehead atoms. The second-order valence-corrected chi connectivity index (χ2v) is 9.38. The van der Waals surface area contributed by atoms with Crippen LogP contribution in [-0.4, -0.2) is 10.4 Å². The average molecular weight is 394 g/mol. The summed E-state index contributed by atoms with van der Waals surface area (Å²) < 4.78 is 2.27. The van der Waals surface area contributed by atoms with Gasteiger partial charge in [-0.05, 0) is 54.0 Å². The van der Waals surface area contributed by atoms with Crippen LogP contribution < -0.4 is 0 Å². The molecule has 0 atom stereocenters. The summed E-state index contributed by atoms with van der Waals surface area (Å²) in [6.45, 7) is 7.44. The van der Waals surface area contributed by atoms with Gasteiger partial charge < -0.3 is 4.57 Å². The Morgan fingerprint density at radius 3 is 2.40 bits per heavy atom. The van der Waals surface area contributed by atoms with E-state index in [4.69, 9.17) is 0 Å². The van der Waals surface area contributed by atoms with Crippen LogP contribution in [-0.2, 0) is 19.4 Å². The minimum Gasteiger partial charge on any atom is -0.340 e. The number of hydrogen-bond donors (Lipinski definition) is 0. The van der Waals surface area contributed by atoms with Crippen LogP contribution in [0.2, 0.25) is 0 Å². The standard InChI is InChI=1S/C28H27NO/c1-19-26(27(30)21-13-14-22-16-28(2,3)17-23(22)15-21)24-11-7-8-12-25(24)29(19)18-20-9-5-4-6-10-20/h4-15H,16-18H2,1-3H3. The number of hydrogen-bond acceptors (Lipinski definition) is 1. The first-order valence-corrected chi connectivity index (χ1v) is 10.7. The molecule has 2 heteroatoms. The summed E-state index contributed by atoms with van der Waals surface area (Å²) in [6.07, 6.45) is 2.13. The number of carbonyl (C=O) groups excluding carboxylic acids is 1. The van der Waals surface area contributed by atoms with Gasteiger partial charge in [0.05, 0.1) is 5.56 Å². The van der Waals surface area contributed by atoms with Crippen molar-refractivity contribution in [3.05, 3.63) is 106 Å². The summed E-state index contributed by atoms with van der Waals surface area (Å²) in [5, 5.41) is 1.04. The molecule has 3 aromatic carbocycles. The van der Waals surface area contributed by atoms with Gasteiger partial charge in [0.2, 0.25) is 0 Å². The molecular formula is C28H27NO. The second-order valence-electron chi connectivity index (χ2n) is 9.38. The van der Waals surface area contributed by atoms with Crippen LogP contribution in [0.5, 0.6) is 0 Å². The molecule has 1 heterocycles. The fraction of sp³-hybridized carbons (Fsp3) is 0.250. The van der Waals surface area contributed by atoms with Crippen molar-refractivity contribution >= 4 is 16.7 Å². The smallest absolute Gasteiger partial charge is 0.195 e. The van der Waals surface area contributed by atoms with E-state index in [9.17, 15) is 4.79 Å². The van der Waals surface area contributed by atoms with Crippen molar-refractivity contribution in [1.29, 1.82) is 0 Å². The van der Waals surface area contributed by atoms with Crippen molar-refractivity contribution in [2.24, 2.45) is 5.41 Å². The first-order chi connectivity index (χ1) is 14.4. The fourth-order valence-corrected chi connectivity index (χ4v) is 5.03. The minimum absolute atomic E-state index is 0.128. The molecule has 0 radical (unpaired) electrons. The lowest BCUT2D eigenvalue weighted by Crippen LogP contribution is -2.09. The summed E-state index contributed by atoms with van der Waals surface area (Å²) >= 11 is 0. The largest absolute Gasteiger partial charge is 0.340 e. The van der Waals surface area contributed by atoms with Crippen molar-refractivity contribution < 1.29 is 4.79 Å². The van der Waals surface area contributed by atoms with Gasteiger partial charge in [0.1, 0.15) is 0 Å². The molecule has 0 amide bonds. The number of ketones is 1. The number of aromatic nitrogens is 1. The SMILES string of the molecule is Cc1c(C(=O)c2ccc3c(c2)CC(C)(C)C3)c2ccccc2n1Cc1ccccc1. The van der Waals surface area contributed by atoms with Crippen LogP contribution in [0.3, 0.4) is 0 Å². The molecule has 0 N–H and O–H groups in total. The molecule has 0 fully saturated rings. The second kappa shape index (κ2) is 6.98. The quantitative estimate of drug-likeness (QED) is 0.370. The van der Waals surface area contributed by atoms with E-state index in [-0.39, 0.29) is 11.2 Å². The van der Waals surface area contributed by atoms with E-state index in [1.54, 1.807) is 0 Å². The molecule has 4 aromatic rings. The first-order valence-electron chi connectivity index (χ1n) is 10.7. The number of fused-ring (bicyclic) bond motifs is 2. The van der Waals surface area contributed by atoms with Gasteiger partial charge in [0.15, 0.2) is 5.78 Å². The molecular weight excluding hydrogens is 366 g/mol. The van der Waals surface area contributed by atoms with Crippen molar-refractivity contribution in [2.75, 3.05) is 0 Å². The highest BCUT2D eigenvalue weighted by Gasteiger charge is 2.29. The van der Waals surface area contributed by atoms with E-state index in [1.807, 2.05) is 18.2 Å². The zero-order chi connectivity index (χ0) is 20.9. The van der Waals surface area contributed by atoms with Crippen LogP contribution in [0, 0.1) is 12.3 Å². The summed E-state index contributed by atoms with van der Waals surface area (Å²) in [7, 11) is 0. The van der Waals surface area contributed by atoms with E-state index >= 15 is 0 Å². The van der Waals surface area contributed by atoms with Crippen LogP contribution >= 0.6 is 0 Å². The Balaban J connectivity index is 1.60. The minimum atomic E-state index is 0.128. The topological polar surface area (TPSA) is 22.0 Å². The molecule has 0 saturated carbocycles. The Kier molecular flexibility index (Phi) is 4.39. The van der Waals surface area contributed by atoms with Crippen LogP contribution in [0.1, 0.15) is 52.2 Å². The monoisotopic (exact) mass is 393 g/mol. The van der Waals surface area contributed by atoms with E-state index in [0.29, 0.717) is 0 Å². The Bertz CT molecular complexity index is 1260. The van der Waals surface area contributed by atoms with Crippen molar-refractivity contribution in [1.82, 2.24) is 4.57 Å². The molecule has 0 saturated heterocycles. The number of rotatable bonds is 4. The van der Waals surface area contributed by atoms with Gasteiger partial charge in [-0.3, -0.25) is 4.79 Å². The molecule has 2 nitrogen and oxygen atoms in total. The van der Waals surface area contributed by atoms with Gasteiger partial charge in [-0.25, -0.2) is 0 Å². The molecule has 30 heavy (non-hydrogen) atoms. The van der Waals surface area contributed by atoms with Gasteiger partial charge in [0.25, 0.3) is 0 Å². The maximum atomic E-state index is 13.7. The van der Waals surface area contributed by atoms with Crippen LogP contribution in [0.25, 0.3) is 10.9 Å². The Morgan fingerprint density at radius 1 is 0.900 bits per heavy atom. The predicted molar refractivity (Wildman–Crippen MR) is 123 cm³/mol. The third-order valence-corrected chi connectivity index (χ3v) is 6.45. The van der Waals surface area contributed by atoms with E-state index < -0.39 is 0 Å². The zero-order valence-corrected chi connectivity index (χ0v) is 17.9. The fourth-order valence-electron chi connectivity index (χ4n) is 5.03. The number of nitrogens with zero attached hydrogens (tertiary/aromatic N) is 1. The molecule has 0 aliphatic heterocycles. The predicted octanol–water partition coefficient (Wildman–Crippen LogP) is 6.35. The summed E-state index contributed by atoms with van der Waals surface area (Å²) in [5.41, 5.74) is 8.02. The Hall–Kier alpha value is -3.13. The van der Waals surface area contributed by atoms with Crippen molar-refractivity contribution in [3.8, 4) is 0 Å².